The molecule has 0 spiro atoms. The van der Waals surface area contributed by atoms with E-state index in [9.17, 15) is 18.8 Å². The van der Waals surface area contributed by atoms with Gasteiger partial charge >= 0.3 is 12.2 Å². The number of halogens is 1. The molecule has 0 radical (unpaired) electrons. The van der Waals surface area contributed by atoms with Crippen molar-refractivity contribution in [2.45, 2.75) is 6.04 Å². The van der Waals surface area contributed by atoms with Crippen molar-refractivity contribution in [3.8, 4) is 0 Å². The number of piperazine rings is 1. The third-order valence-corrected chi connectivity index (χ3v) is 3.33. The van der Waals surface area contributed by atoms with Crippen molar-refractivity contribution < 1.29 is 29.0 Å². The van der Waals surface area contributed by atoms with Gasteiger partial charge < -0.3 is 15.1 Å². The molecule has 0 unspecified atom stereocenters. The lowest BCUT2D eigenvalue weighted by atomic mass is 10.0. The van der Waals surface area contributed by atoms with E-state index in [1.165, 1.54) is 12.1 Å². The molecule has 8 heteroatoms. The Bertz CT molecular complexity index is 574. The van der Waals surface area contributed by atoms with Crippen molar-refractivity contribution in [1.29, 1.82) is 0 Å². The van der Waals surface area contributed by atoms with Crippen LogP contribution in [0, 0.1) is 5.82 Å². The first-order valence-electron chi connectivity index (χ1n) is 6.17. The molecule has 2 amide bonds. The number of benzene rings is 1. The Morgan fingerprint density at radius 2 is 1.67 bits per heavy atom. The van der Waals surface area contributed by atoms with Gasteiger partial charge in [0.2, 0.25) is 0 Å². The molecule has 1 aromatic rings. The van der Waals surface area contributed by atoms with E-state index in [0.29, 0.717) is 0 Å². The van der Waals surface area contributed by atoms with Gasteiger partial charge in [0.25, 0.3) is 0 Å². The number of rotatable bonds is 2. The van der Waals surface area contributed by atoms with Gasteiger partial charge in [0, 0.05) is 18.7 Å². The second kappa shape index (κ2) is 5.78. The number of ketones is 1. The van der Waals surface area contributed by atoms with Crippen molar-refractivity contribution in [1.82, 2.24) is 9.80 Å². The van der Waals surface area contributed by atoms with Gasteiger partial charge in [0.05, 0.1) is 6.54 Å². The highest BCUT2D eigenvalue weighted by Crippen LogP contribution is 2.16. The highest BCUT2D eigenvalue weighted by Gasteiger charge is 2.37. The Morgan fingerprint density at radius 1 is 1.05 bits per heavy atom. The number of carbonyl (C=O) groups is 3. The van der Waals surface area contributed by atoms with E-state index >= 15 is 0 Å². The summed E-state index contributed by atoms with van der Waals surface area (Å²) in [5.41, 5.74) is 0.139. The van der Waals surface area contributed by atoms with Crippen LogP contribution in [-0.2, 0) is 0 Å². The van der Waals surface area contributed by atoms with Crippen LogP contribution >= 0.6 is 0 Å². The van der Waals surface area contributed by atoms with Crippen molar-refractivity contribution in [2.24, 2.45) is 0 Å². The second-order valence-electron chi connectivity index (χ2n) is 4.59. The first kappa shape index (κ1) is 14.8. The summed E-state index contributed by atoms with van der Waals surface area (Å²) < 4.78 is 12.9. The first-order valence-corrected chi connectivity index (χ1v) is 6.17. The molecular weight excluding hydrogens is 283 g/mol. The summed E-state index contributed by atoms with van der Waals surface area (Å²) in [5, 5.41) is 18.1. The van der Waals surface area contributed by atoms with Crippen LogP contribution in [0.5, 0.6) is 0 Å². The van der Waals surface area contributed by atoms with E-state index in [1.54, 1.807) is 0 Å². The average molecular weight is 296 g/mol. The molecule has 0 bridgehead atoms. The van der Waals surface area contributed by atoms with E-state index in [1.807, 2.05) is 0 Å². The largest absolute Gasteiger partial charge is 0.465 e. The maximum atomic E-state index is 12.9. The van der Waals surface area contributed by atoms with Gasteiger partial charge in [0.15, 0.2) is 5.78 Å². The molecule has 1 fully saturated rings. The molecule has 1 aliphatic heterocycles. The van der Waals surface area contributed by atoms with E-state index in [4.69, 9.17) is 10.2 Å². The normalized spacial score (nSPS) is 18.4. The Labute approximate surface area is 119 Å². The number of hydrogen-bond acceptors (Lipinski definition) is 3. The Balaban J connectivity index is 2.26. The number of carbonyl (C=O) groups excluding carboxylic acids is 1. The molecule has 0 saturated carbocycles. The molecule has 21 heavy (non-hydrogen) atoms. The molecule has 7 nitrogen and oxygen atoms in total. The summed E-state index contributed by atoms with van der Waals surface area (Å²) in [6.45, 7) is -0.314. The topological polar surface area (TPSA) is 98.2 Å². The minimum atomic E-state index is -1.29. The average Bonchev–Trinajstić information content (AvgIpc) is 2.46. The van der Waals surface area contributed by atoms with Crippen LogP contribution in [0.2, 0.25) is 0 Å². The summed E-state index contributed by atoms with van der Waals surface area (Å²) in [6, 6.07) is 3.55. The summed E-state index contributed by atoms with van der Waals surface area (Å²) in [7, 11) is 0. The minimum absolute atomic E-state index is 0.00876. The lowest BCUT2D eigenvalue weighted by Crippen LogP contribution is -2.58. The Morgan fingerprint density at radius 3 is 2.19 bits per heavy atom. The molecular formula is C13H13FN2O5. The fourth-order valence-electron chi connectivity index (χ4n) is 2.22. The van der Waals surface area contributed by atoms with Gasteiger partial charge in [-0.3, -0.25) is 9.69 Å². The van der Waals surface area contributed by atoms with Crippen LogP contribution < -0.4 is 0 Å². The van der Waals surface area contributed by atoms with Crippen LogP contribution in [0.1, 0.15) is 10.4 Å². The van der Waals surface area contributed by atoms with Crippen LogP contribution in [-0.4, -0.2) is 63.7 Å². The zero-order valence-corrected chi connectivity index (χ0v) is 10.9. The van der Waals surface area contributed by atoms with Gasteiger partial charge in [0.1, 0.15) is 11.9 Å². The van der Waals surface area contributed by atoms with E-state index in [2.05, 4.69) is 0 Å². The quantitative estimate of drug-likeness (QED) is 0.803. The number of Topliss-reactive ketones (excluding diaryl/α,β-unsaturated/α-hetero) is 1. The second-order valence-corrected chi connectivity index (χ2v) is 4.59. The summed E-state index contributed by atoms with van der Waals surface area (Å²) >= 11 is 0. The third kappa shape index (κ3) is 3.10. The first-order chi connectivity index (χ1) is 9.90. The zero-order chi connectivity index (χ0) is 15.6. The maximum absolute atomic E-state index is 12.9. The molecule has 112 valence electrons. The lowest BCUT2D eigenvalue weighted by Gasteiger charge is -2.37. The van der Waals surface area contributed by atoms with Gasteiger partial charge in [-0.25, -0.2) is 14.0 Å². The minimum Gasteiger partial charge on any atom is -0.465 e. The fourth-order valence-corrected chi connectivity index (χ4v) is 2.22. The van der Waals surface area contributed by atoms with Crippen LogP contribution in [0.3, 0.4) is 0 Å². The number of nitrogens with zero attached hydrogens (tertiary/aromatic N) is 2. The third-order valence-electron chi connectivity index (χ3n) is 3.33. The molecule has 1 atom stereocenters. The molecule has 2 rings (SSSR count). The highest BCUT2D eigenvalue weighted by atomic mass is 19.1. The van der Waals surface area contributed by atoms with Crippen LogP contribution in [0.15, 0.2) is 24.3 Å². The van der Waals surface area contributed by atoms with Gasteiger partial charge in [-0.15, -0.1) is 0 Å². The van der Waals surface area contributed by atoms with Crippen molar-refractivity contribution in [3.05, 3.63) is 35.6 Å². The van der Waals surface area contributed by atoms with Crippen LogP contribution in [0.4, 0.5) is 14.0 Å². The smallest absolute Gasteiger partial charge is 0.408 e. The van der Waals surface area contributed by atoms with Crippen LogP contribution in [0.25, 0.3) is 0 Å². The molecule has 1 aromatic carbocycles. The molecule has 0 aromatic heterocycles. The zero-order valence-electron chi connectivity index (χ0n) is 10.9. The van der Waals surface area contributed by atoms with Crippen molar-refractivity contribution in [2.75, 3.05) is 19.6 Å². The van der Waals surface area contributed by atoms with E-state index < -0.39 is 29.8 Å². The van der Waals surface area contributed by atoms with Gasteiger partial charge in [-0.05, 0) is 24.3 Å². The predicted molar refractivity (Wildman–Crippen MR) is 68.8 cm³/mol. The number of carboxylic acid groups (broad SMARTS) is 2. The highest BCUT2D eigenvalue weighted by molar-refractivity contribution is 6.01. The molecule has 1 aliphatic rings. The summed E-state index contributed by atoms with van der Waals surface area (Å²) in [5.74, 6) is -1.07. The van der Waals surface area contributed by atoms with Gasteiger partial charge in [-0.2, -0.15) is 0 Å². The standard InChI is InChI=1S/C13H13FN2O5/c14-9-3-1-8(2-4-9)11(17)10-7-15(12(18)19)5-6-16(10)13(20)21/h1-4,10H,5-7H2,(H,18,19)(H,20,21)/t10-/m1/s1. The summed E-state index contributed by atoms with van der Waals surface area (Å²) in [6.07, 6.45) is -2.50. The van der Waals surface area contributed by atoms with Crippen molar-refractivity contribution in [3.63, 3.8) is 0 Å². The predicted octanol–water partition coefficient (Wildman–Crippen LogP) is 1.35. The fraction of sp³-hybridized carbons (Fsp3) is 0.308. The van der Waals surface area contributed by atoms with Crippen molar-refractivity contribution >= 4 is 18.0 Å². The summed E-state index contributed by atoms with van der Waals surface area (Å²) in [4.78, 5) is 36.4. The molecule has 1 heterocycles. The number of hydrogen-bond donors (Lipinski definition) is 2. The Hall–Kier alpha value is -2.64. The molecule has 2 N–H and O–H groups in total. The maximum Gasteiger partial charge on any atom is 0.408 e. The SMILES string of the molecule is O=C(c1ccc(F)cc1)[C@H]1CN(C(=O)O)CCN1C(=O)O. The van der Waals surface area contributed by atoms with E-state index in [-0.39, 0.29) is 25.2 Å². The molecule has 1 saturated heterocycles. The monoisotopic (exact) mass is 296 g/mol. The Kier molecular flexibility index (Phi) is 4.06. The lowest BCUT2D eigenvalue weighted by molar-refractivity contribution is 0.0525. The van der Waals surface area contributed by atoms with E-state index in [0.717, 1.165) is 21.9 Å². The molecule has 0 aliphatic carbocycles. The number of amides is 2. The van der Waals surface area contributed by atoms with Gasteiger partial charge in [-0.1, -0.05) is 0 Å².